The van der Waals surface area contributed by atoms with Gasteiger partial charge in [-0.1, -0.05) is 0 Å². The number of methoxy groups -OCH3 is 1. The number of phenols is 1. The fraction of sp³-hybridized carbons (Fsp3) is 0.538. The summed E-state index contributed by atoms with van der Waals surface area (Å²) in [6.07, 6.45) is 0.393. The van der Waals surface area contributed by atoms with E-state index in [0.29, 0.717) is 23.2 Å². The second-order valence-corrected chi connectivity index (χ2v) is 5.35. The predicted octanol–water partition coefficient (Wildman–Crippen LogP) is 2.41. The lowest BCUT2D eigenvalue weighted by Crippen LogP contribution is -2.28. The average molecular weight is 318 g/mol. The second-order valence-electron chi connectivity index (χ2n) is 4.50. The number of phenolic OH excluding ortho intramolecular Hbond substituents is 1. The first-order valence-electron chi connectivity index (χ1n) is 5.90. The van der Waals surface area contributed by atoms with Gasteiger partial charge in [0.1, 0.15) is 0 Å². The van der Waals surface area contributed by atoms with E-state index in [2.05, 4.69) is 21.2 Å². The van der Waals surface area contributed by atoms with Gasteiger partial charge in [0.2, 0.25) is 0 Å². The molecule has 0 radical (unpaired) electrons. The molecule has 2 unspecified atom stereocenters. The third-order valence-corrected chi connectivity index (χ3v) is 3.26. The minimum absolute atomic E-state index is 0.110. The summed E-state index contributed by atoms with van der Waals surface area (Å²) in [6.45, 7) is 4.46. The molecule has 3 N–H and O–H groups in total. The van der Waals surface area contributed by atoms with E-state index >= 15 is 0 Å². The lowest BCUT2D eigenvalue weighted by atomic mass is 10.1. The van der Waals surface area contributed by atoms with Gasteiger partial charge in [-0.15, -0.1) is 0 Å². The highest BCUT2D eigenvalue weighted by molar-refractivity contribution is 9.10. The summed E-state index contributed by atoms with van der Waals surface area (Å²) in [5.74, 6) is 0.558. The number of rotatable bonds is 6. The Labute approximate surface area is 116 Å². The molecular weight excluding hydrogens is 298 g/mol. The van der Waals surface area contributed by atoms with Crippen LogP contribution in [0.2, 0.25) is 0 Å². The summed E-state index contributed by atoms with van der Waals surface area (Å²) in [4.78, 5) is 0. The highest BCUT2D eigenvalue weighted by Crippen LogP contribution is 2.35. The lowest BCUT2D eigenvalue weighted by Gasteiger charge is -2.16. The average Bonchev–Trinajstić information content (AvgIpc) is 2.29. The van der Waals surface area contributed by atoms with Gasteiger partial charge in [0, 0.05) is 12.6 Å². The molecule has 0 saturated heterocycles. The molecule has 2 atom stereocenters. The molecule has 0 aromatic heterocycles. The zero-order valence-electron chi connectivity index (χ0n) is 10.9. The van der Waals surface area contributed by atoms with Gasteiger partial charge in [-0.05, 0) is 53.9 Å². The monoisotopic (exact) mass is 317 g/mol. The minimum atomic E-state index is -0.311. The minimum Gasteiger partial charge on any atom is -0.503 e. The Balaban J connectivity index is 2.65. The van der Waals surface area contributed by atoms with Gasteiger partial charge in [0.25, 0.3) is 0 Å². The Morgan fingerprint density at radius 3 is 2.61 bits per heavy atom. The molecule has 0 saturated carbocycles. The largest absolute Gasteiger partial charge is 0.503 e. The first kappa shape index (κ1) is 15.3. The third-order valence-electron chi connectivity index (χ3n) is 2.66. The number of aromatic hydroxyl groups is 1. The van der Waals surface area contributed by atoms with Crippen LogP contribution in [0.25, 0.3) is 0 Å². The van der Waals surface area contributed by atoms with Crippen LogP contribution in [0.5, 0.6) is 11.5 Å². The fourth-order valence-electron chi connectivity index (χ4n) is 1.77. The molecule has 0 aliphatic heterocycles. The Morgan fingerprint density at radius 2 is 2.06 bits per heavy atom. The van der Waals surface area contributed by atoms with Crippen LogP contribution in [0.15, 0.2) is 16.6 Å². The number of ether oxygens (including phenoxy) is 1. The number of halogens is 1. The predicted molar refractivity (Wildman–Crippen MR) is 75.0 cm³/mol. The van der Waals surface area contributed by atoms with Crippen molar-refractivity contribution in [2.45, 2.75) is 39.0 Å². The molecule has 1 aromatic rings. The van der Waals surface area contributed by atoms with Gasteiger partial charge < -0.3 is 20.3 Å². The van der Waals surface area contributed by atoms with Crippen molar-refractivity contribution in [3.8, 4) is 11.5 Å². The van der Waals surface area contributed by atoms with Crippen molar-refractivity contribution in [1.29, 1.82) is 0 Å². The number of nitrogens with one attached hydrogen (secondary N) is 1. The Hall–Kier alpha value is -0.780. The van der Waals surface area contributed by atoms with Crippen molar-refractivity contribution in [3.05, 3.63) is 22.2 Å². The van der Waals surface area contributed by atoms with E-state index in [1.165, 1.54) is 7.11 Å². The summed E-state index contributed by atoms with van der Waals surface area (Å²) in [7, 11) is 1.52. The van der Waals surface area contributed by atoms with Crippen LogP contribution in [0.4, 0.5) is 0 Å². The smallest absolute Gasteiger partial charge is 0.172 e. The molecule has 0 bridgehead atoms. The van der Waals surface area contributed by atoms with Crippen LogP contribution in [0.1, 0.15) is 25.8 Å². The van der Waals surface area contributed by atoms with Gasteiger partial charge in [-0.2, -0.15) is 0 Å². The van der Waals surface area contributed by atoms with Crippen LogP contribution >= 0.6 is 15.9 Å². The molecule has 18 heavy (non-hydrogen) atoms. The summed E-state index contributed by atoms with van der Waals surface area (Å²) in [5.41, 5.74) is 1.01. The highest BCUT2D eigenvalue weighted by atomic mass is 79.9. The molecule has 5 heteroatoms. The highest BCUT2D eigenvalue weighted by Gasteiger charge is 2.10. The maximum absolute atomic E-state index is 9.69. The van der Waals surface area contributed by atoms with E-state index in [9.17, 15) is 10.2 Å². The molecule has 0 heterocycles. The summed E-state index contributed by atoms with van der Waals surface area (Å²) in [5, 5.41) is 22.3. The first-order chi connectivity index (χ1) is 8.43. The summed E-state index contributed by atoms with van der Waals surface area (Å²) in [6, 6.07) is 3.87. The standard InChI is InChI=1S/C13H20BrNO3/c1-8(4-9(2)16)15-7-10-5-11(14)13(17)12(6-10)18-3/h5-6,8-9,15-17H,4,7H2,1-3H3. The second kappa shape index (κ2) is 6.97. The first-order valence-corrected chi connectivity index (χ1v) is 6.70. The van der Waals surface area contributed by atoms with Crippen molar-refractivity contribution in [2.75, 3.05) is 7.11 Å². The van der Waals surface area contributed by atoms with Gasteiger partial charge in [-0.3, -0.25) is 0 Å². The molecular formula is C13H20BrNO3. The summed E-state index contributed by atoms with van der Waals surface area (Å²) >= 11 is 3.29. The lowest BCUT2D eigenvalue weighted by molar-refractivity contribution is 0.170. The van der Waals surface area contributed by atoms with E-state index in [-0.39, 0.29) is 17.9 Å². The molecule has 0 spiro atoms. The number of hydrogen-bond donors (Lipinski definition) is 3. The maximum atomic E-state index is 9.69. The van der Waals surface area contributed by atoms with Gasteiger partial charge in [0.15, 0.2) is 11.5 Å². The van der Waals surface area contributed by atoms with Crippen molar-refractivity contribution in [2.24, 2.45) is 0 Å². The van der Waals surface area contributed by atoms with Crippen LogP contribution in [-0.4, -0.2) is 29.5 Å². The number of aliphatic hydroxyl groups excluding tert-OH is 1. The van der Waals surface area contributed by atoms with Crippen molar-refractivity contribution in [3.63, 3.8) is 0 Å². The zero-order valence-corrected chi connectivity index (χ0v) is 12.5. The van der Waals surface area contributed by atoms with Gasteiger partial charge >= 0.3 is 0 Å². The van der Waals surface area contributed by atoms with E-state index in [1.54, 1.807) is 13.0 Å². The topological polar surface area (TPSA) is 61.7 Å². The van der Waals surface area contributed by atoms with Gasteiger partial charge in [0.05, 0.1) is 17.7 Å². The number of aliphatic hydroxyl groups is 1. The molecule has 1 aromatic carbocycles. The molecule has 1 rings (SSSR count). The molecule has 0 aliphatic carbocycles. The van der Waals surface area contributed by atoms with Crippen LogP contribution in [-0.2, 0) is 6.54 Å². The molecule has 0 aliphatic rings. The summed E-state index contributed by atoms with van der Waals surface area (Å²) < 4.78 is 5.70. The zero-order chi connectivity index (χ0) is 13.7. The SMILES string of the molecule is COc1cc(CNC(C)CC(C)O)cc(Br)c1O. The maximum Gasteiger partial charge on any atom is 0.172 e. The van der Waals surface area contributed by atoms with Gasteiger partial charge in [-0.25, -0.2) is 0 Å². The quantitative estimate of drug-likeness (QED) is 0.754. The van der Waals surface area contributed by atoms with Crippen molar-refractivity contribution in [1.82, 2.24) is 5.32 Å². The number of benzene rings is 1. The molecule has 102 valence electrons. The number of hydrogen-bond acceptors (Lipinski definition) is 4. The van der Waals surface area contributed by atoms with Crippen molar-refractivity contribution >= 4 is 15.9 Å². The van der Waals surface area contributed by atoms with E-state index < -0.39 is 0 Å². The third kappa shape index (κ3) is 4.48. The molecule has 0 amide bonds. The Bertz CT molecular complexity index is 396. The van der Waals surface area contributed by atoms with Crippen LogP contribution in [0.3, 0.4) is 0 Å². The van der Waals surface area contributed by atoms with Crippen molar-refractivity contribution < 1.29 is 14.9 Å². The fourth-order valence-corrected chi connectivity index (χ4v) is 2.26. The van der Waals surface area contributed by atoms with E-state index in [4.69, 9.17) is 4.74 Å². The Kier molecular flexibility index (Phi) is 5.91. The van der Waals surface area contributed by atoms with E-state index in [0.717, 1.165) is 5.56 Å². The molecule has 0 fully saturated rings. The molecule has 4 nitrogen and oxygen atoms in total. The van der Waals surface area contributed by atoms with E-state index in [1.807, 2.05) is 13.0 Å². The van der Waals surface area contributed by atoms with Crippen LogP contribution in [0, 0.1) is 0 Å². The Morgan fingerprint density at radius 1 is 1.39 bits per heavy atom. The van der Waals surface area contributed by atoms with Crippen LogP contribution < -0.4 is 10.1 Å². The normalized spacial score (nSPS) is 14.3.